The van der Waals surface area contributed by atoms with E-state index in [4.69, 9.17) is 15.3 Å². The SMILES string of the molecule is CC(C)CCC(NN)C1COc2ccccc2O1. The molecule has 4 heteroatoms. The van der Waals surface area contributed by atoms with Crippen molar-refractivity contribution in [3.8, 4) is 11.5 Å². The van der Waals surface area contributed by atoms with Crippen molar-refractivity contribution < 1.29 is 9.47 Å². The van der Waals surface area contributed by atoms with E-state index in [9.17, 15) is 0 Å². The van der Waals surface area contributed by atoms with E-state index in [1.54, 1.807) is 0 Å². The van der Waals surface area contributed by atoms with E-state index < -0.39 is 0 Å². The lowest BCUT2D eigenvalue weighted by Crippen LogP contribution is -2.50. The largest absolute Gasteiger partial charge is 0.486 e. The van der Waals surface area contributed by atoms with Crippen LogP contribution >= 0.6 is 0 Å². The van der Waals surface area contributed by atoms with E-state index in [2.05, 4.69) is 19.3 Å². The summed E-state index contributed by atoms with van der Waals surface area (Å²) in [7, 11) is 0. The van der Waals surface area contributed by atoms with Gasteiger partial charge in [-0.15, -0.1) is 0 Å². The molecule has 3 N–H and O–H groups in total. The van der Waals surface area contributed by atoms with Crippen LogP contribution in [0.1, 0.15) is 26.7 Å². The topological polar surface area (TPSA) is 56.5 Å². The lowest BCUT2D eigenvalue weighted by Gasteiger charge is -2.32. The van der Waals surface area contributed by atoms with E-state index in [0.29, 0.717) is 12.5 Å². The van der Waals surface area contributed by atoms with Crippen LogP contribution in [0.15, 0.2) is 24.3 Å². The highest BCUT2D eigenvalue weighted by Gasteiger charge is 2.28. The molecular formula is C14H22N2O2. The first kappa shape index (κ1) is 13.2. The predicted molar refractivity (Wildman–Crippen MR) is 71.5 cm³/mol. The normalized spacial score (nSPS) is 19.9. The van der Waals surface area contributed by atoms with Crippen molar-refractivity contribution in [2.24, 2.45) is 11.8 Å². The van der Waals surface area contributed by atoms with Gasteiger partial charge in [-0.3, -0.25) is 11.3 Å². The van der Waals surface area contributed by atoms with Crippen molar-refractivity contribution in [2.45, 2.75) is 38.8 Å². The highest BCUT2D eigenvalue weighted by Crippen LogP contribution is 2.32. The molecule has 0 fully saturated rings. The van der Waals surface area contributed by atoms with Gasteiger partial charge in [0.15, 0.2) is 11.5 Å². The van der Waals surface area contributed by atoms with Crippen LogP contribution in [0.25, 0.3) is 0 Å². The summed E-state index contributed by atoms with van der Waals surface area (Å²) in [4.78, 5) is 0. The molecule has 100 valence electrons. The summed E-state index contributed by atoms with van der Waals surface area (Å²) in [5.41, 5.74) is 2.85. The summed E-state index contributed by atoms with van der Waals surface area (Å²) >= 11 is 0. The number of ether oxygens (including phenoxy) is 2. The van der Waals surface area contributed by atoms with Crippen molar-refractivity contribution >= 4 is 0 Å². The number of fused-ring (bicyclic) bond motifs is 1. The van der Waals surface area contributed by atoms with Gasteiger partial charge < -0.3 is 9.47 Å². The molecule has 4 nitrogen and oxygen atoms in total. The second kappa shape index (κ2) is 6.07. The molecule has 0 spiro atoms. The molecular weight excluding hydrogens is 228 g/mol. The van der Waals surface area contributed by atoms with Gasteiger partial charge in [0.2, 0.25) is 0 Å². The van der Waals surface area contributed by atoms with Gasteiger partial charge in [0, 0.05) is 0 Å². The fraction of sp³-hybridized carbons (Fsp3) is 0.571. The summed E-state index contributed by atoms with van der Waals surface area (Å²) in [6.07, 6.45) is 2.09. The molecule has 18 heavy (non-hydrogen) atoms. The molecule has 0 saturated heterocycles. The first-order valence-corrected chi connectivity index (χ1v) is 6.55. The van der Waals surface area contributed by atoms with E-state index in [-0.39, 0.29) is 12.1 Å². The molecule has 2 atom stereocenters. The van der Waals surface area contributed by atoms with Crippen LogP contribution in [0, 0.1) is 5.92 Å². The molecule has 0 saturated carbocycles. The Balaban J connectivity index is 1.98. The third-order valence-electron chi connectivity index (χ3n) is 3.25. The molecule has 2 unspecified atom stereocenters. The molecule has 0 aliphatic carbocycles. The minimum Gasteiger partial charge on any atom is -0.486 e. The van der Waals surface area contributed by atoms with Crippen LogP contribution in [0.5, 0.6) is 11.5 Å². The zero-order valence-electron chi connectivity index (χ0n) is 11.1. The Hall–Kier alpha value is -1.26. The van der Waals surface area contributed by atoms with Crippen LogP contribution in [0.4, 0.5) is 0 Å². The minimum atomic E-state index is -0.0244. The number of hydrogen-bond donors (Lipinski definition) is 2. The molecule has 1 aliphatic rings. The summed E-state index contributed by atoms with van der Waals surface area (Å²) in [6.45, 7) is 4.96. The summed E-state index contributed by atoms with van der Waals surface area (Å²) in [5, 5.41) is 0. The van der Waals surface area contributed by atoms with E-state index in [1.807, 2.05) is 24.3 Å². The molecule has 0 amide bonds. The second-order valence-electron chi connectivity index (χ2n) is 5.16. The monoisotopic (exact) mass is 250 g/mol. The third-order valence-corrected chi connectivity index (χ3v) is 3.25. The Labute approximate surface area is 108 Å². The predicted octanol–water partition coefficient (Wildman–Crippen LogP) is 2.09. The average molecular weight is 250 g/mol. The second-order valence-corrected chi connectivity index (χ2v) is 5.16. The van der Waals surface area contributed by atoms with Crippen molar-refractivity contribution in [3.63, 3.8) is 0 Å². The first-order chi connectivity index (χ1) is 8.70. The fourth-order valence-corrected chi connectivity index (χ4v) is 2.12. The van der Waals surface area contributed by atoms with Crippen molar-refractivity contribution in [3.05, 3.63) is 24.3 Å². The number of nitrogens with one attached hydrogen (secondary N) is 1. The number of rotatable bonds is 5. The average Bonchev–Trinajstić information content (AvgIpc) is 2.39. The van der Waals surface area contributed by atoms with Crippen LogP contribution in [0.3, 0.4) is 0 Å². The van der Waals surface area contributed by atoms with Gasteiger partial charge >= 0.3 is 0 Å². The summed E-state index contributed by atoms with van der Waals surface area (Å²) in [5.74, 6) is 7.91. The number of nitrogens with two attached hydrogens (primary N) is 1. The van der Waals surface area contributed by atoms with Gasteiger partial charge in [-0.05, 0) is 30.9 Å². The van der Waals surface area contributed by atoms with Gasteiger partial charge in [-0.25, -0.2) is 0 Å². The maximum atomic E-state index is 5.95. The van der Waals surface area contributed by atoms with E-state index in [1.165, 1.54) is 0 Å². The molecule has 1 aliphatic heterocycles. The van der Waals surface area contributed by atoms with Gasteiger partial charge in [-0.2, -0.15) is 0 Å². The number of hydrogen-bond acceptors (Lipinski definition) is 4. The van der Waals surface area contributed by atoms with Gasteiger partial charge in [0.1, 0.15) is 12.7 Å². The highest BCUT2D eigenvalue weighted by molar-refractivity contribution is 5.40. The van der Waals surface area contributed by atoms with Gasteiger partial charge in [-0.1, -0.05) is 26.0 Å². The van der Waals surface area contributed by atoms with E-state index >= 15 is 0 Å². The van der Waals surface area contributed by atoms with Crippen molar-refractivity contribution in [1.82, 2.24) is 5.43 Å². The Morgan fingerprint density at radius 2 is 2.00 bits per heavy atom. The number of hydrazine groups is 1. The number of para-hydroxylation sites is 2. The first-order valence-electron chi connectivity index (χ1n) is 6.55. The summed E-state index contributed by atoms with van der Waals surface area (Å²) in [6, 6.07) is 7.87. The number of benzene rings is 1. The zero-order chi connectivity index (χ0) is 13.0. The van der Waals surface area contributed by atoms with Gasteiger partial charge in [0.25, 0.3) is 0 Å². The maximum Gasteiger partial charge on any atom is 0.161 e. The van der Waals surface area contributed by atoms with Crippen LogP contribution in [-0.4, -0.2) is 18.8 Å². The molecule has 1 aromatic rings. The Morgan fingerprint density at radius 3 is 2.67 bits per heavy atom. The summed E-state index contributed by atoms with van der Waals surface area (Å²) < 4.78 is 11.7. The standard InChI is InChI=1S/C14H22N2O2/c1-10(2)7-8-11(16-15)14-9-17-12-5-3-4-6-13(12)18-14/h3-6,10-11,14,16H,7-9,15H2,1-2H3. The van der Waals surface area contributed by atoms with Crippen LogP contribution in [0.2, 0.25) is 0 Å². The highest BCUT2D eigenvalue weighted by atomic mass is 16.6. The molecule has 0 bridgehead atoms. The lowest BCUT2D eigenvalue weighted by atomic mass is 10.00. The smallest absolute Gasteiger partial charge is 0.161 e. The quantitative estimate of drug-likeness (QED) is 0.620. The van der Waals surface area contributed by atoms with Crippen LogP contribution < -0.4 is 20.7 Å². The Bertz CT molecular complexity index is 382. The Kier molecular flexibility index (Phi) is 4.44. The fourth-order valence-electron chi connectivity index (χ4n) is 2.12. The third kappa shape index (κ3) is 3.15. The van der Waals surface area contributed by atoms with Crippen molar-refractivity contribution in [1.29, 1.82) is 0 Å². The minimum absolute atomic E-state index is 0.0244. The molecule has 0 aromatic heterocycles. The van der Waals surface area contributed by atoms with Crippen molar-refractivity contribution in [2.75, 3.05) is 6.61 Å². The Morgan fingerprint density at radius 1 is 1.28 bits per heavy atom. The molecule has 2 rings (SSSR count). The molecule has 0 radical (unpaired) electrons. The molecule has 1 heterocycles. The van der Waals surface area contributed by atoms with Crippen LogP contribution in [-0.2, 0) is 0 Å². The maximum absolute atomic E-state index is 5.95. The lowest BCUT2D eigenvalue weighted by molar-refractivity contribution is 0.0579. The molecule has 1 aromatic carbocycles. The van der Waals surface area contributed by atoms with E-state index in [0.717, 1.165) is 24.3 Å². The van der Waals surface area contributed by atoms with Gasteiger partial charge in [0.05, 0.1) is 6.04 Å². The zero-order valence-corrected chi connectivity index (χ0v) is 11.1.